The number of nitrogens with zero attached hydrogens (tertiary/aromatic N) is 5. The van der Waals surface area contributed by atoms with Gasteiger partial charge in [-0.2, -0.15) is 10.2 Å². The number of anilines is 2. The van der Waals surface area contributed by atoms with Crippen molar-refractivity contribution in [2.45, 2.75) is 57.5 Å². The molecule has 1 N–H and O–H groups in total. The highest BCUT2D eigenvalue weighted by Gasteiger charge is 2.31. The van der Waals surface area contributed by atoms with Crippen LogP contribution >= 0.6 is 0 Å². The number of benzene rings is 1. The Kier molecular flexibility index (Phi) is 4.86. The van der Waals surface area contributed by atoms with Crippen LogP contribution in [-0.4, -0.2) is 38.4 Å². The molecule has 1 atom stereocenters. The molecular formula is C25H30N6O. The van der Waals surface area contributed by atoms with Gasteiger partial charge in [-0.1, -0.05) is 6.07 Å². The van der Waals surface area contributed by atoms with E-state index in [9.17, 15) is 4.79 Å². The van der Waals surface area contributed by atoms with Gasteiger partial charge in [-0.3, -0.25) is 14.2 Å². The first kappa shape index (κ1) is 19.7. The van der Waals surface area contributed by atoms with E-state index in [2.05, 4.69) is 44.4 Å². The van der Waals surface area contributed by atoms with E-state index < -0.39 is 0 Å². The molecule has 2 aromatic heterocycles. The molecule has 7 nitrogen and oxygen atoms in total. The van der Waals surface area contributed by atoms with Gasteiger partial charge < -0.3 is 10.2 Å². The van der Waals surface area contributed by atoms with Crippen LogP contribution in [0.25, 0.3) is 11.1 Å². The van der Waals surface area contributed by atoms with E-state index in [4.69, 9.17) is 5.10 Å². The zero-order valence-electron chi connectivity index (χ0n) is 18.7. The lowest BCUT2D eigenvalue weighted by molar-refractivity contribution is -0.121. The van der Waals surface area contributed by atoms with Crippen molar-refractivity contribution in [1.82, 2.24) is 24.9 Å². The van der Waals surface area contributed by atoms with Crippen LogP contribution in [0.3, 0.4) is 0 Å². The third kappa shape index (κ3) is 3.35. The maximum Gasteiger partial charge on any atom is 0.159 e. The number of nitrogens with one attached hydrogen (secondary N) is 1. The summed E-state index contributed by atoms with van der Waals surface area (Å²) < 4.78 is 4.07. The third-order valence-electron chi connectivity index (χ3n) is 7.23. The van der Waals surface area contributed by atoms with E-state index >= 15 is 0 Å². The number of aryl methyl sites for hydroxylation is 2. The SMILES string of the molecule is Cn1cc(-c2ccc3c(c2)CCCN3c2nn(C3CCCC(=O)C3)c3c2CNCC3)cn1. The Labute approximate surface area is 188 Å². The van der Waals surface area contributed by atoms with E-state index in [1.54, 1.807) is 0 Å². The van der Waals surface area contributed by atoms with Gasteiger partial charge in [-0.05, 0) is 48.9 Å². The van der Waals surface area contributed by atoms with Gasteiger partial charge in [0.15, 0.2) is 5.82 Å². The van der Waals surface area contributed by atoms with Crippen LogP contribution in [0.5, 0.6) is 0 Å². The molecule has 3 aliphatic rings. The van der Waals surface area contributed by atoms with Gasteiger partial charge in [-0.25, -0.2) is 0 Å². The number of carbonyl (C=O) groups is 1. The minimum Gasteiger partial charge on any atom is -0.324 e. The Bertz CT molecular complexity index is 1180. The lowest BCUT2D eigenvalue weighted by Crippen LogP contribution is -2.29. The number of carbonyl (C=O) groups excluding carboxylic acids is 1. The highest BCUT2D eigenvalue weighted by Crippen LogP contribution is 2.40. The van der Waals surface area contributed by atoms with Crippen LogP contribution in [-0.2, 0) is 31.2 Å². The second kappa shape index (κ2) is 7.89. The fraction of sp³-hybridized carbons (Fsp3) is 0.480. The molecule has 3 aromatic rings. The molecular weight excluding hydrogens is 400 g/mol. The molecule has 0 bridgehead atoms. The molecule has 2 aliphatic heterocycles. The minimum absolute atomic E-state index is 0.217. The maximum atomic E-state index is 12.2. The fourth-order valence-electron chi connectivity index (χ4n) is 5.65. The van der Waals surface area contributed by atoms with Crippen LogP contribution in [0.1, 0.15) is 55.0 Å². The monoisotopic (exact) mass is 430 g/mol. The number of hydrogen-bond donors (Lipinski definition) is 1. The summed E-state index contributed by atoms with van der Waals surface area (Å²) in [5.74, 6) is 1.47. The predicted molar refractivity (Wildman–Crippen MR) is 124 cm³/mol. The van der Waals surface area contributed by atoms with Crippen molar-refractivity contribution >= 4 is 17.3 Å². The van der Waals surface area contributed by atoms with Gasteiger partial charge in [0.05, 0.1) is 12.2 Å². The van der Waals surface area contributed by atoms with E-state index in [-0.39, 0.29) is 6.04 Å². The maximum absolute atomic E-state index is 12.2. The second-order valence-electron chi connectivity index (χ2n) is 9.41. The van der Waals surface area contributed by atoms with Crippen molar-refractivity contribution in [2.24, 2.45) is 7.05 Å². The average Bonchev–Trinajstić information content (AvgIpc) is 3.42. The summed E-state index contributed by atoms with van der Waals surface area (Å²) in [6.45, 7) is 2.81. The summed E-state index contributed by atoms with van der Waals surface area (Å²) in [4.78, 5) is 14.6. The van der Waals surface area contributed by atoms with Gasteiger partial charge in [0.2, 0.25) is 0 Å². The molecule has 1 saturated carbocycles. The summed E-state index contributed by atoms with van der Waals surface area (Å²) in [7, 11) is 1.96. The highest BCUT2D eigenvalue weighted by molar-refractivity contribution is 5.79. The van der Waals surface area contributed by atoms with Crippen molar-refractivity contribution in [2.75, 3.05) is 18.0 Å². The molecule has 0 radical (unpaired) electrons. The molecule has 4 heterocycles. The minimum atomic E-state index is 0.217. The standard InChI is InChI=1S/C25H30N6O/c1-29-16-19(14-27-29)17-7-8-23-18(12-17)4-3-11-30(23)25-22-15-26-10-9-24(22)31(28-25)20-5-2-6-21(32)13-20/h7-8,12,14,16,20,26H,2-6,9-11,13,15H2,1H3. The molecule has 1 aromatic carbocycles. The molecule has 1 unspecified atom stereocenters. The van der Waals surface area contributed by atoms with E-state index in [1.165, 1.54) is 28.1 Å². The quantitative estimate of drug-likeness (QED) is 0.686. The van der Waals surface area contributed by atoms with Gasteiger partial charge in [0.1, 0.15) is 5.78 Å². The number of aromatic nitrogens is 4. The van der Waals surface area contributed by atoms with Crippen molar-refractivity contribution in [3.63, 3.8) is 0 Å². The first-order valence-electron chi connectivity index (χ1n) is 11.9. The Hall–Kier alpha value is -2.93. The van der Waals surface area contributed by atoms with Crippen molar-refractivity contribution in [3.8, 4) is 11.1 Å². The molecule has 6 rings (SSSR count). The van der Waals surface area contributed by atoms with Gasteiger partial charge in [-0.15, -0.1) is 0 Å². The first-order chi connectivity index (χ1) is 15.7. The average molecular weight is 431 g/mol. The number of Topliss-reactive ketones (excluding diaryl/α,β-unsaturated/α-hetero) is 1. The second-order valence-corrected chi connectivity index (χ2v) is 9.41. The van der Waals surface area contributed by atoms with Crippen molar-refractivity contribution in [1.29, 1.82) is 0 Å². The van der Waals surface area contributed by atoms with Crippen LogP contribution in [0.15, 0.2) is 30.6 Å². The Balaban J connectivity index is 1.40. The zero-order chi connectivity index (χ0) is 21.7. The summed E-state index contributed by atoms with van der Waals surface area (Å²) in [6, 6.07) is 6.99. The Morgan fingerprint density at radius 1 is 1.12 bits per heavy atom. The molecule has 1 fully saturated rings. The van der Waals surface area contributed by atoms with E-state index in [1.807, 2.05) is 17.9 Å². The fourth-order valence-corrected chi connectivity index (χ4v) is 5.65. The smallest absolute Gasteiger partial charge is 0.159 e. The molecule has 1 aliphatic carbocycles. The molecule has 32 heavy (non-hydrogen) atoms. The Morgan fingerprint density at radius 3 is 2.91 bits per heavy atom. The van der Waals surface area contributed by atoms with Crippen LogP contribution in [0, 0.1) is 0 Å². The summed E-state index contributed by atoms with van der Waals surface area (Å²) in [5.41, 5.74) is 7.66. The normalized spacial score (nSPS) is 20.8. The van der Waals surface area contributed by atoms with Gasteiger partial charge >= 0.3 is 0 Å². The lowest BCUT2D eigenvalue weighted by Gasteiger charge is -2.31. The summed E-state index contributed by atoms with van der Waals surface area (Å²) >= 11 is 0. The van der Waals surface area contributed by atoms with Crippen LogP contribution in [0.4, 0.5) is 11.5 Å². The highest BCUT2D eigenvalue weighted by atomic mass is 16.1. The van der Waals surface area contributed by atoms with Crippen LogP contribution < -0.4 is 10.2 Å². The molecule has 0 saturated heterocycles. The van der Waals surface area contributed by atoms with Crippen LogP contribution in [0.2, 0.25) is 0 Å². The van der Waals surface area contributed by atoms with Gasteiger partial charge in [0.25, 0.3) is 0 Å². The molecule has 0 spiro atoms. The van der Waals surface area contributed by atoms with E-state index in [0.717, 1.165) is 69.5 Å². The summed E-state index contributed by atoms with van der Waals surface area (Å²) in [6.07, 6.45) is 10.6. The molecule has 166 valence electrons. The van der Waals surface area contributed by atoms with E-state index in [0.29, 0.717) is 12.2 Å². The number of ketones is 1. The Morgan fingerprint density at radius 2 is 2.06 bits per heavy atom. The third-order valence-corrected chi connectivity index (χ3v) is 7.23. The number of rotatable bonds is 3. The van der Waals surface area contributed by atoms with Crippen molar-refractivity contribution < 1.29 is 4.79 Å². The molecule has 0 amide bonds. The number of hydrogen-bond acceptors (Lipinski definition) is 5. The molecule has 7 heteroatoms. The largest absolute Gasteiger partial charge is 0.324 e. The lowest BCUT2D eigenvalue weighted by atomic mass is 9.94. The predicted octanol–water partition coefficient (Wildman–Crippen LogP) is 3.70. The van der Waals surface area contributed by atoms with Crippen molar-refractivity contribution in [3.05, 3.63) is 47.4 Å². The number of fused-ring (bicyclic) bond motifs is 2. The summed E-state index contributed by atoms with van der Waals surface area (Å²) in [5, 5.41) is 13.1. The first-order valence-corrected chi connectivity index (χ1v) is 11.9. The van der Waals surface area contributed by atoms with Gasteiger partial charge in [0, 0.05) is 74.6 Å². The topological polar surface area (TPSA) is 68.0 Å². The zero-order valence-corrected chi connectivity index (χ0v) is 18.7.